The molecule has 0 bridgehead atoms. The number of nitrogens with one attached hydrogen (secondary N) is 1. The third-order valence-electron chi connectivity index (χ3n) is 2.08. The van der Waals surface area contributed by atoms with Crippen LogP contribution in [0.2, 0.25) is 0 Å². The Bertz CT molecular complexity index is 335. The molecular formula is C13H17NOS. The third-order valence-corrected chi connectivity index (χ3v) is 2.71. The molecule has 1 aromatic rings. The number of rotatable bonds is 6. The molecule has 2 nitrogen and oxygen atoms in total. The Hall–Kier alpha value is -1.22. The number of benzene rings is 1. The standard InChI is InChI=1S/C13H17NOS/c1-2-3-4-8-11-16-14-13(15)12-9-6-5-7-10-12/h5-11H,2-4H2,1H3,(H,14,15)/b11-8+. The normalized spacial score (nSPS) is 10.6. The minimum absolute atomic E-state index is 0.0502. The fourth-order valence-electron chi connectivity index (χ4n) is 1.17. The van der Waals surface area contributed by atoms with Gasteiger partial charge in [0, 0.05) is 5.56 Å². The van der Waals surface area contributed by atoms with Crippen LogP contribution in [0, 0.1) is 0 Å². The van der Waals surface area contributed by atoms with Crippen LogP contribution in [0.3, 0.4) is 0 Å². The first-order valence-corrected chi connectivity index (χ1v) is 6.38. The lowest BCUT2D eigenvalue weighted by Crippen LogP contribution is -2.14. The number of carbonyl (C=O) groups excluding carboxylic acids is 1. The molecule has 0 saturated carbocycles. The lowest BCUT2D eigenvalue weighted by Gasteiger charge is -2.00. The van der Waals surface area contributed by atoms with Gasteiger partial charge in [0.15, 0.2) is 0 Å². The summed E-state index contributed by atoms with van der Waals surface area (Å²) in [7, 11) is 0. The van der Waals surface area contributed by atoms with Crippen molar-refractivity contribution in [2.24, 2.45) is 0 Å². The van der Waals surface area contributed by atoms with Crippen molar-refractivity contribution >= 4 is 17.9 Å². The van der Waals surface area contributed by atoms with Crippen molar-refractivity contribution in [3.05, 3.63) is 47.4 Å². The van der Waals surface area contributed by atoms with Crippen molar-refractivity contribution in [1.29, 1.82) is 0 Å². The van der Waals surface area contributed by atoms with Gasteiger partial charge in [-0.05, 0) is 35.9 Å². The van der Waals surface area contributed by atoms with Gasteiger partial charge in [-0.15, -0.1) is 0 Å². The summed E-state index contributed by atoms with van der Waals surface area (Å²) in [6.07, 6.45) is 5.55. The Kier molecular flexibility index (Phi) is 6.42. The minimum Gasteiger partial charge on any atom is -0.292 e. The molecular weight excluding hydrogens is 218 g/mol. The molecule has 0 aliphatic rings. The third kappa shape index (κ3) is 5.03. The summed E-state index contributed by atoms with van der Waals surface area (Å²) in [4.78, 5) is 11.6. The lowest BCUT2D eigenvalue weighted by atomic mass is 10.2. The molecule has 0 radical (unpaired) electrons. The number of allylic oxidation sites excluding steroid dienone is 1. The van der Waals surface area contributed by atoms with Crippen LogP contribution in [-0.2, 0) is 0 Å². The van der Waals surface area contributed by atoms with Crippen LogP contribution in [0.15, 0.2) is 41.8 Å². The van der Waals surface area contributed by atoms with E-state index < -0.39 is 0 Å². The lowest BCUT2D eigenvalue weighted by molar-refractivity contribution is 0.0984. The van der Waals surface area contributed by atoms with Gasteiger partial charge in [-0.3, -0.25) is 9.52 Å². The smallest absolute Gasteiger partial charge is 0.261 e. The average molecular weight is 235 g/mol. The summed E-state index contributed by atoms with van der Waals surface area (Å²) in [5, 5.41) is 1.93. The molecule has 0 spiro atoms. The number of unbranched alkanes of at least 4 members (excludes halogenated alkanes) is 2. The van der Waals surface area contributed by atoms with Crippen LogP contribution in [0.4, 0.5) is 0 Å². The second-order valence-corrected chi connectivity index (χ2v) is 4.14. The van der Waals surface area contributed by atoms with E-state index in [4.69, 9.17) is 0 Å². The van der Waals surface area contributed by atoms with Crippen LogP contribution in [0.1, 0.15) is 36.5 Å². The predicted octanol–water partition coefficient (Wildman–Crippen LogP) is 3.77. The molecule has 0 fully saturated rings. The number of amides is 1. The van der Waals surface area contributed by atoms with Crippen molar-refractivity contribution in [1.82, 2.24) is 4.72 Å². The molecule has 1 rings (SSSR count). The zero-order valence-corrected chi connectivity index (χ0v) is 10.3. The second-order valence-electron chi connectivity index (χ2n) is 3.43. The molecule has 16 heavy (non-hydrogen) atoms. The summed E-state index contributed by atoms with van der Waals surface area (Å²) >= 11 is 1.33. The maximum Gasteiger partial charge on any atom is 0.261 e. The van der Waals surface area contributed by atoms with Gasteiger partial charge in [-0.2, -0.15) is 0 Å². The Morgan fingerprint density at radius 2 is 2.12 bits per heavy atom. The fourth-order valence-corrected chi connectivity index (χ4v) is 1.70. The first-order valence-electron chi connectivity index (χ1n) is 5.50. The monoisotopic (exact) mass is 235 g/mol. The molecule has 86 valence electrons. The molecule has 1 N–H and O–H groups in total. The minimum atomic E-state index is -0.0502. The molecule has 0 heterocycles. The van der Waals surface area contributed by atoms with E-state index in [2.05, 4.69) is 17.7 Å². The summed E-state index contributed by atoms with van der Waals surface area (Å²) in [6, 6.07) is 9.22. The fraction of sp³-hybridized carbons (Fsp3) is 0.308. The highest BCUT2D eigenvalue weighted by atomic mass is 32.2. The van der Waals surface area contributed by atoms with Gasteiger partial charge >= 0.3 is 0 Å². The van der Waals surface area contributed by atoms with Crippen LogP contribution in [0.25, 0.3) is 0 Å². The van der Waals surface area contributed by atoms with Crippen LogP contribution >= 0.6 is 11.9 Å². The molecule has 0 aromatic heterocycles. The topological polar surface area (TPSA) is 29.1 Å². The van der Waals surface area contributed by atoms with E-state index in [1.54, 1.807) is 12.1 Å². The number of hydrogen-bond donors (Lipinski definition) is 1. The Morgan fingerprint density at radius 1 is 1.38 bits per heavy atom. The van der Waals surface area contributed by atoms with Gasteiger partial charge in [0.1, 0.15) is 0 Å². The van der Waals surface area contributed by atoms with Crippen LogP contribution in [-0.4, -0.2) is 5.91 Å². The maximum absolute atomic E-state index is 11.6. The van der Waals surface area contributed by atoms with E-state index in [-0.39, 0.29) is 5.91 Å². The van der Waals surface area contributed by atoms with E-state index in [1.165, 1.54) is 24.8 Å². The largest absolute Gasteiger partial charge is 0.292 e. The Labute approximate surface area is 101 Å². The zero-order chi connectivity index (χ0) is 11.6. The van der Waals surface area contributed by atoms with Gasteiger partial charge in [-0.25, -0.2) is 0 Å². The van der Waals surface area contributed by atoms with E-state index in [0.717, 1.165) is 6.42 Å². The molecule has 3 heteroatoms. The van der Waals surface area contributed by atoms with E-state index in [9.17, 15) is 4.79 Å². The molecule has 0 unspecified atom stereocenters. The highest BCUT2D eigenvalue weighted by Gasteiger charge is 2.01. The zero-order valence-electron chi connectivity index (χ0n) is 9.48. The summed E-state index contributed by atoms with van der Waals surface area (Å²) in [6.45, 7) is 2.16. The van der Waals surface area contributed by atoms with E-state index in [1.807, 2.05) is 23.6 Å². The van der Waals surface area contributed by atoms with Crippen molar-refractivity contribution in [3.63, 3.8) is 0 Å². The highest BCUT2D eigenvalue weighted by molar-refractivity contribution is 8.00. The quantitative estimate of drug-likeness (QED) is 0.600. The highest BCUT2D eigenvalue weighted by Crippen LogP contribution is 2.04. The molecule has 0 atom stereocenters. The SMILES string of the molecule is CCCC/C=C/SNC(=O)c1ccccc1. The van der Waals surface area contributed by atoms with Crippen LogP contribution in [0.5, 0.6) is 0 Å². The summed E-state index contributed by atoms with van der Waals surface area (Å²) in [5.74, 6) is -0.0502. The van der Waals surface area contributed by atoms with Crippen molar-refractivity contribution < 1.29 is 4.79 Å². The van der Waals surface area contributed by atoms with Gasteiger partial charge in [0.25, 0.3) is 5.91 Å². The Morgan fingerprint density at radius 3 is 2.81 bits per heavy atom. The van der Waals surface area contributed by atoms with Crippen molar-refractivity contribution in [3.8, 4) is 0 Å². The van der Waals surface area contributed by atoms with Gasteiger partial charge < -0.3 is 0 Å². The van der Waals surface area contributed by atoms with Crippen molar-refractivity contribution in [2.45, 2.75) is 26.2 Å². The molecule has 0 aliphatic heterocycles. The molecule has 0 aliphatic carbocycles. The Balaban J connectivity index is 2.23. The molecule has 1 aromatic carbocycles. The summed E-state index contributed by atoms with van der Waals surface area (Å²) in [5.41, 5.74) is 0.692. The van der Waals surface area contributed by atoms with Crippen LogP contribution < -0.4 is 4.72 Å². The predicted molar refractivity (Wildman–Crippen MR) is 70.2 cm³/mol. The van der Waals surface area contributed by atoms with Gasteiger partial charge in [-0.1, -0.05) is 44.0 Å². The maximum atomic E-state index is 11.6. The summed E-state index contributed by atoms with van der Waals surface area (Å²) < 4.78 is 2.77. The van der Waals surface area contributed by atoms with Gasteiger partial charge in [0.05, 0.1) is 0 Å². The first kappa shape index (κ1) is 12.8. The number of carbonyl (C=O) groups is 1. The molecule has 0 saturated heterocycles. The van der Waals surface area contributed by atoms with Crippen molar-refractivity contribution in [2.75, 3.05) is 0 Å². The van der Waals surface area contributed by atoms with Gasteiger partial charge in [0.2, 0.25) is 0 Å². The van der Waals surface area contributed by atoms with E-state index >= 15 is 0 Å². The first-order chi connectivity index (χ1) is 7.84. The average Bonchev–Trinajstić information content (AvgIpc) is 2.34. The molecule has 1 amide bonds. The number of hydrogen-bond acceptors (Lipinski definition) is 2. The second kappa shape index (κ2) is 7.99. The van der Waals surface area contributed by atoms with E-state index in [0.29, 0.717) is 5.56 Å².